The molecule has 0 saturated heterocycles. The second kappa shape index (κ2) is 8.17. The highest BCUT2D eigenvalue weighted by molar-refractivity contribution is 7.17. The van der Waals surface area contributed by atoms with E-state index in [1.165, 1.54) is 18.4 Å². The van der Waals surface area contributed by atoms with Crippen LogP contribution < -0.4 is 0 Å². The zero-order valence-corrected chi connectivity index (χ0v) is 18.9. The molecule has 3 heterocycles. The summed E-state index contributed by atoms with van der Waals surface area (Å²) in [4.78, 5) is 27.7. The van der Waals surface area contributed by atoms with Crippen LogP contribution in [0, 0.1) is 0 Å². The number of aromatic nitrogens is 5. The number of nitrogens with zero attached hydrogens (tertiary/aromatic N) is 5. The zero-order valence-electron chi connectivity index (χ0n) is 18.0. The molecule has 0 saturated carbocycles. The Kier molecular flexibility index (Phi) is 4.85. The fourth-order valence-electron chi connectivity index (χ4n) is 3.84. The third-order valence-electron chi connectivity index (χ3n) is 5.44. The first-order chi connectivity index (χ1) is 16.7. The van der Waals surface area contributed by atoms with Crippen LogP contribution in [0.15, 0.2) is 84.9 Å². The number of fused-ring (bicyclic) bond motifs is 2. The van der Waals surface area contributed by atoms with Crippen molar-refractivity contribution in [3.05, 3.63) is 90.6 Å². The topological polar surface area (TPSA) is 82.8 Å². The average molecular weight is 464 g/mol. The third-order valence-corrected chi connectivity index (χ3v) is 6.52. The van der Waals surface area contributed by atoms with Crippen LogP contribution in [0.5, 0.6) is 0 Å². The van der Waals surface area contributed by atoms with E-state index >= 15 is 0 Å². The third kappa shape index (κ3) is 3.32. The number of ether oxygens (including phenoxy) is 1. The van der Waals surface area contributed by atoms with E-state index in [1.807, 2.05) is 84.9 Å². The molecule has 3 aromatic heterocycles. The highest BCUT2D eigenvalue weighted by atomic mass is 32.1. The Morgan fingerprint density at radius 1 is 0.794 bits per heavy atom. The van der Waals surface area contributed by atoms with Crippen molar-refractivity contribution in [1.82, 2.24) is 24.7 Å². The molecular formula is C26H17N5O2S. The van der Waals surface area contributed by atoms with Gasteiger partial charge in [0.05, 0.1) is 23.0 Å². The normalized spacial score (nSPS) is 11.2. The summed E-state index contributed by atoms with van der Waals surface area (Å²) in [5.41, 5.74) is 5.52. The van der Waals surface area contributed by atoms with Gasteiger partial charge in [0.15, 0.2) is 11.3 Å². The van der Waals surface area contributed by atoms with Crippen molar-refractivity contribution in [2.45, 2.75) is 0 Å². The SMILES string of the molecule is COC(=O)c1nc(-n2nc(-c3ccccc3)c3nc4ccccc4nc32)sc1-c1ccccc1. The Bertz CT molecular complexity index is 1660. The molecule has 34 heavy (non-hydrogen) atoms. The molecule has 0 fully saturated rings. The van der Waals surface area contributed by atoms with Gasteiger partial charge in [-0.3, -0.25) is 0 Å². The molecule has 7 nitrogen and oxygen atoms in total. The van der Waals surface area contributed by atoms with Crippen molar-refractivity contribution in [2.24, 2.45) is 0 Å². The van der Waals surface area contributed by atoms with Crippen molar-refractivity contribution in [1.29, 1.82) is 0 Å². The number of thiazole rings is 1. The van der Waals surface area contributed by atoms with E-state index < -0.39 is 5.97 Å². The van der Waals surface area contributed by atoms with E-state index in [4.69, 9.17) is 19.8 Å². The van der Waals surface area contributed by atoms with Crippen molar-refractivity contribution < 1.29 is 9.53 Å². The van der Waals surface area contributed by atoms with E-state index in [1.54, 1.807) is 4.68 Å². The quantitative estimate of drug-likeness (QED) is 0.319. The maximum absolute atomic E-state index is 12.6. The number of benzene rings is 3. The molecule has 0 bridgehead atoms. The van der Waals surface area contributed by atoms with Crippen LogP contribution in [0.25, 0.3) is 49.0 Å². The number of carbonyl (C=O) groups excluding carboxylic acids is 1. The van der Waals surface area contributed by atoms with Gasteiger partial charge in [0.2, 0.25) is 5.13 Å². The van der Waals surface area contributed by atoms with Crippen LogP contribution >= 0.6 is 11.3 Å². The summed E-state index contributed by atoms with van der Waals surface area (Å²) in [6.07, 6.45) is 0. The Hall–Kier alpha value is -4.43. The molecule has 6 rings (SSSR count). The zero-order chi connectivity index (χ0) is 23.1. The van der Waals surface area contributed by atoms with Crippen LogP contribution in [-0.4, -0.2) is 37.8 Å². The number of methoxy groups -OCH3 is 1. The van der Waals surface area contributed by atoms with Gasteiger partial charge in [-0.2, -0.15) is 9.78 Å². The van der Waals surface area contributed by atoms with Gasteiger partial charge in [0.1, 0.15) is 11.2 Å². The monoisotopic (exact) mass is 463 g/mol. The first kappa shape index (κ1) is 20.2. The molecule has 0 unspecified atom stereocenters. The Balaban J connectivity index is 1.64. The summed E-state index contributed by atoms with van der Waals surface area (Å²) >= 11 is 1.36. The average Bonchev–Trinajstić information content (AvgIpc) is 3.50. The van der Waals surface area contributed by atoms with E-state index in [2.05, 4.69) is 4.98 Å². The van der Waals surface area contributed by atoms with Crippen LogP contribution in [-0.2, 0) is 4.74 Å². The van der Waals surface area contributed by atoms with Crippen molar-refractivity contribution in [3.63, 3.8) is 0 Å². The number of para-hydroxylation sites is 2. The van der Waals surface area contributed by atoms with Crippen molar-refractivity contribution in [2.75, 3.05) is 7.11 Å². The van der Waals surface area contributed by atoms with E-state index in [9.17, 15) is 4.79 Å². The molecule has 0 N–H and O–H groups in total. The number of hydrogen-bond donors (Lipinski definition) is 0. The Labute approximate surface area is 198 Å². The summed E-state index contributed by atoms with van der Waals surface area (Å²) < 4.78 is 6.68. The molecule has 164 valence electrons. The van der Waals surface area contributed by atoms with Gasteiger partial charge >= 0.3 is 5.97 Å². The minimum absolute atomic E-state index is 0.243. The molecule has 0 aliphatic carbocycles. The summed E-state index contributed by atoms with van der Waals surface area (Å²) in [5.74, 6) is -0.502. The second-order valence-corrected chi connectivity index (χ2v) is 8.52. The molecule has 0 aliphatic heterocycles. The standard InChI is InChI=1S/C26H17N5O2S/c1-33-25(32)22-23(17-12-6-3-7-13-17)34-26(29-22)31-24-21(20(30-31)16-10-4-2-5-11-16)27-18-14-8-9-15-19(18)28-24/h2-15H,1H3. The Morgan fingerprint density at radius 2 is 1.41 bits per heavy atom. The van der Waals surface area contributed by atoms with Crippen molar-refractivity contribution in [3.8, 4) is 26.8 Å². The highest BCUT2D eigenvalue weighted by Gasteiger charge is 2.24. The molecule has 3 aromatic carbocycles. The molecule has 0 aliphatic rings. The molecule has 8 heteroatoms. The highest BCUT2D eigenvalue weighted by Crippen LogP contribution is 2.35. The van der Waals surface area contributed by atoms with Gasteiger partial charge in [0.25, 0.3) is 0 Å². The summed E-state index contributed by atoms with van der Waals surface area (Å²) in [6.45, 7) is 0. The van der Waals surface area contributed by atoms with Gasteiger partial charge in [-0.1, -0.05) is 84.1 Å². The van der Waals surface area contributed by atoms with Crippen molar-refractivity contribution >= 4 is 39.5 Å². The summed E-state index contributed by atoms with van der Waals surface area (Å²) in [7, 11) is 1.35. The fraction of sp³-hybridized carbons (Fsp3) is 0.0385. The van der Waals surface area contributed by atoms with Crippen LogP contribution in [0.3, 0.4) is 0 Å². The second-order valence-electron chi connectivity index (χ2n) is 7.54. The first-order valence-corrected chi connectivity index (χ1v) is 11.4. The maximum atomic E-state index is 12.6. The molecule has 0 radical (unpaired) electrons. The van der Waals surface area contributed by atoms with E-state index in [0.717, 1.165) is 22.2 Å². The van der Waals surface area contributed by atoms with Gasteiger partial charge < -0.3 is 4.74 Å². The summed E-state index contributed by atoms with van der Waals surface area (Å²) in [5, 5.41) is 5.38. The molecule has 0 spiro atoms. The maximum Gasteiger partial charge on any atom is 0.358 e. The fourth-order valence-corrected chi connectivity index (χ4v) is 4.85. The van der Waals surface area contributed by atoms with Gasteiger partial charge in [-0.15, -0.1) is 0 Å². The lowest BCUT2D eigenvalue weighted by Crippen LogP contribution is -2.05. The van der Waals surface area contributed by atoms with Crippen LogP contribution in [0.4, 0.5) is 0 Å². The minimum Gasteiger partial charge on any atom is -0.464 e. The Morgan fingerprint density at radius 3 is 2.09 bits per heavy atom. The van der Waals surface area contributed by atoms with E-state index in [0.29, 0.717) is 26.9 Å². The lowest BCUT2D eigenvalue weighted by molar-refractivity contribution is 0.0595. The van der Waals surface area contributed by atoms with E-state index in [-0.39, 0.29) is 5.69 Å². The largest absolute Gasteiger partial charge is 0.464 e. The lowest BCUT2D eigenvalue weighted by atomic mass is 10.1. The number of hydrogen-bond acceptors (Lipinski definition) is 7. The summed E-state index contributed by atoms with van der Waals surface area (Å²) in [6, 6.07) is 27.2. The molecule has 6 aromatic rings. The first-order valence-electron chi connectivity index (χ1n) is 10.6. The smallest absolute Gasteiger partial charge is 0.358 e. The molecule has 0 amide bonds. The lowest BCUT2D eigenvalue weighted by Gasteiger charge is -1.99. The molecular weight excluding hydrogens is 446 g/mol. The number of esters is 1. The number of rotatable bonds is 4. The minimum atomic E-state index is -0.502. The van der Waals surface area contributed by atoms with Gasteiger partial charge in [-0.05, 0) is 17.7 Å². The van der Waals surface area contributed by atoms with Gasteiger partial charge in [-0.25, -0.2) is 19.7 Å². The van der Waals surface area contributed by atoms with Crippen LogP contribution in [0.1, 0.15) is 10.5 Å². The number of carbonyl (C=O) groups is 1. The molecule has 0 atom stereocenters. The predicted molar refractivity (Wildman–Crippen MR) is 132 cm³/mol. The van der Waals surface area contributed by atoms with Crippen LogP contribution in [0.2, 0.25) is 0 Å². The predicted octanol–water partition coefficient (Wildman–Crippen LogP) is 5.55. The van der Waals surface area contributed by atoms with Gasteiger partial charge in [0, 0.05) is 5.56 Å².